The Bertz CT molecular complexity index is 993. The number of benzene rings is 3. The number of nitrogens with zero attached hydrogens (tertiary/aromatic N) is 1. The van der Waals surface area contributed by atoms with Gasteiger partial charge >= 0.3 is 7.12 Å². The van der Waals surface area contributed by atoms with Gasteiger partial charge in [-0.3, -0.25) is 0 Å². The van der Waals surface area contributed by atoms with Crippen LogP contribution in [0.25, 0.3) is 0 Å². The molecule has 6 heteroatoms. The van der Waals surface area contributed by atoms with E-state index in [0.717, 1.165) is 54.6 Å². The van der Waals surface area contributed by atoms with Gasteiger partial charge in [0.05, 0.1) is 13.2 Å². The fraction of sp³-hybridized carbons (Fsp3) is 0.471. The minimum Gasteiger partial charge on any atom is -0.494 e. The zero-order valence-electron chi connectivity index (χ0n) is 24.6. The van der Waals surface area contributed by atoms with E-state index in [1.54, 1.807) is 12.1 Å². The third-order valence-electron chi connectivity index (χ3n) is 7.17. The first-order chi connectivity index (χ1) is 19.6. The summed E-state index contributed by atoms with van der Waals surface area (Å²) in [6.45, 7) is 5.95. The van der Waals surface area contributed by atoms with Crippen LogP contribution in [0.15, 0.2) is 72.8 Å². The third kappa shape index (κ3) is 10.9. The minimum atomic E-state index is -1.49. The van der Waals surface area contributed by atoms with Crippen molar-refractivity contribution >= 4 is 29.6 Å². The summed E-state index contributed by atoms with van der Waals surface area (Å²) >= 11 is 0. The van der Waals surface area contributed by atoms with E-state index >= 15 is 0 Å². The van der Waals surface area contributed by atoms with Gasteiger partial charge in [-0.1, -0.05) is 90.2 Å². The Morgan fingerprint density at radius 3 is 1.23 bits per heavy atom. The van der Waals surface area contributed by atoms with Gasteiger partial charge < -0.3 is 24.4 Å². The number of hydrogen-bond acceptors (Lipinski definition) is 5. The van der Waals surface area contributed by atoms with Crippen molar-refractivity contribution in [2.75, 3.05) is 18.1 Å². The largest absolute Gasteiger partial charge is 0.494 e. The molecule has 0 radical (unpaired) electrons. The standard InChI is InChI=1S/C34H48BNO4/c1-3-5-7-9-11-13-27-39-33-23-19-31(20-24-33)36(30-17-15-29(16-18-30)35(37)38)32-21-25-34(26-22-32)40-28-14-12-10-8-6-4-2/h15-26,37-38H,3-14,27-28H2,1-2H3. The summed E-state index contributed by atoms with van der Waals surface area (Å²) in [4.78, 5) is 2.14. The van der Waals surface area contributed by atoms with Crippen LogP contribution in [0.3, 0.4) is 0 Å². The highest BCUT2D eigenvalue weighted by molar-refractivity contribution is 6.58. The van der Waals surface area contributed by atoms with Gasteiger partial charge in [0.2, 0.25) is 0 Å². The van der Waals surface area contributed by atoms with E-state index in [-0.39, 0.29) is 0 Å². The van der Waals surface area contributed by atoms with Crippen molar-refractivity contribution in [1.82, 2.24) is 0 Å². The van der Waals surface area contributed by atoms with Crippen LogP contribution in [-0.2, 0) is 0 Å². The van der Waals surface area contributed by atoms with E-state index in [1.165, 1.54) is 64.2 Å². The van der Waals surface area contributed by atoms with Gasteiger partial charge in [-0.15, -0.1) is 0 Å². The normalized spacial score (nSPS) is 10.9. The SMILES string of the molecule is CCCCCCCCOc1ccc(N(c2ccc(OCCCCCCCC)cc2)c2ccc(B(O)O)cc2)cc1. The molecule has 5 nitrogen and oxygen atoms in total. The van der Waals surface area contributed by atoms with Crippen LogP contribution in [0, 0.1) is 0 Å². The van der Waals surface area contributed by atoms with Crippen molar-refractivity contribution < 1.29 is 19.5 Å². The van der Waals surface area contributed by atoms with Crippen LogP contribution in [-0.4, -0.2) is 30.4 Å². The van der Waals surface area contributed by atoms with Crippen molar-refractivity contribution in [3.05, 3.63) is 72.8 Å². The van der Waals surface area contributed by atoms with Crippen LogP contribution < -0.4 is 19.8 Å². The zero-order valence-corrected chi connectivity index (χ0v) is 24.6. The van der Waals surface area contributed by atoms with Crippen LogP contribution in [0.4, 0.5) is 17.1 Å². The van der Waals surface area contributed by atoms with E-state index in [1.807, 2.05) is 36.4 Å². The molecule has 0 atom stereocenters. The summed E-state index contributed by atoms with van der Waals surface area (Å²) in [5, 5.41) is 19.1. The lowest BCUT2D eigenvalue weighted by Crippen LogP contribution is -2.29. The lowest BCUT2D eigenvalue weighted by molar-refractivity contribution is 0.304. The molecular weight excluding hydrogens is 497 g/mol. The molecular formula is C34H48BNO4. The van der Waals surface area contributed by atoms with E-state index in [9.17, 15) is 10.0 Å². The molecule has 40 heavy (non-hydrogen) atoms. The van der Waals surface area contributed by atoms with Gasteiger partial charge in [0.15, 0.2) is 0 Å². The van der Waals surface area contributed by atoms with Crippen LogP contribution in [0.2, 0.25) is 0 Å². The number of ether oxygens (including phenoxy) is 2. The Balaban J connectivity index is 1.65. The maximum atomic E-state index is 9.55. The summed E-state index contributed by atoms with van der Waals surface area (Å²) in [5.41, 5.74) is 3.36. The molecule has 0 aliphatic carbocycles. The molecule has 0 aliphatic rings. The molecule has 3 aromatic rings. The van der Waals surface area contributed by atoms with Crippen LogP contribution in [0.5, 0.6) is 11.5 Å². The van der Waals surface area contributed by atoms with E-state index in [2.05, 4.69) is 43.0 Å². The number of hydrogen-bond donors (Lipinski definition) is 2. The van der Waals surface area contributed by atoms with E-state index in [0.29, 0.717) is 5.46 Å². The molecule has 0 amide bonds. The molecule has 0 bridgehead atoms. The van der Waals surface area contributed by atoms with Gasteiger partial charge in [-0.05, 0) is 79.0 Å². The smallest absolute Gasteiger partial charge is 0.488 e. The summed E-state index contributed by atoms with van der Waals surface area (Å²) < 4.78 is 12.0. The molecule has 3 aromatic carbocycles. The number of rotatable bonds is 20. The van der Waals surface area contributed by atoms with Gasteiger partial charge in [0, 0.05) is 17.1 Å². The monoisotopic (exact) mass is 545 g/mol. The predicted octanol–water partition coefficient (Wildman–Crippen LogP) is 8.31. The quantitative estimate of drug-likeness (QED) is 0.110. The molecule has 216 valence electrons. The van der Waals surface area contributed by atoms with Crippen molar-refractivity contribution in [1.29, 1.82) is 0 Å². The second kappa shape index (κ2) is 18.4. The summed E-state index contributed by atoms with van der Waals surface area (Å²) in [6.07, 6.45) is 14.9. The molecule has 0 heterocycles. The second-order valence-electron chi connectivity index (χ2n) is 10.5. The first-order valence-corrected chi connectivity index (χ1v) is 15.3. The minimum absolute atomic E-state index is 0.459. The van der Waals surface area contributed by atoms with Gasteiger partial charge in [-0.25, -0.2) is 0 Å². The molecule has 3 rings (SSSR count). The Hall–Kier alpha value is -2.96. The van der Waals surface area contributed by atoms with Crippen molar-refractivity contribution in [2.24, 2.45) is 0 Å². The molecule has 2 N–H and O–H groups in total. The molecule has 0 aromatic heterocycles. The average Bonchev–Trinajstić information content (AvgIpc) is 2.98. The fourth-order valence-corrected chi connectivity index (χ4v) is 4.77. The maximum Gasteiger partial charge on any atom is 0.488 e. The molecule has 0 spiro atoms. The topological polar surface area (TPSA) is 62.2 Å². The molecule has 0 unspecified atom stereocenters. The molecule has 0 saturated carbocycles. The van der Waals surface area contributed by atoms with Gasteiger partial charge in [-0.2, -0.15) is 0 Å². The highest BCUT2D eigenvalue weighted by atomic mass is 16.5. The Kier molecular flexibility index (Phi) is 14.5. The highest BCUT2D eigenvalue weighted by Gasteiger charge is 2.15. The first kappa shape index (κ1) is 31.6. The van der Waals surface area contributed by atoms with Crippen molar-refractivity contribution in [3.63, 3.8) is 0 Å². The van der Waals surface area contributed by atoms with Crippen LogP contribution in [0.1, 0.15) is 90.9 Å². The van der Waals surface area contributed by atoms with Gasteiger partial charge in [0.25, 0.3) is 0 Å². The molecule has 0 fully saturated rings. The third-order valence-corrected chi connectivity index (χ3v) is 7.17. The average molecular weight is 546 g/mol. The Labute approximate surface area is 242 Å². The molecule has 0 saturated heterocycles. The Morgan fingerprint density at radius 2 is 0.850 bits per heavy atom. The van der Waals surface area contributed by atoms with Gasteiger partial charge in [0.1, 0.15) is 11.5 Å². The number of anilines is 3. The second-order valence-corrected chi connectivity index (χ2v) is 10.5. The Morgan fingerprint density at radius 1 is 0.500 bits per heavy atom. The lowest BCUT2D eigenvalue weighted by Gasteiger charge is -2.26. The number of unbranched alkanes of at least 4 members (excludes halogenated alkanes) is 10. The lowest BCUT2D eigenvalue weighted by atomic mass is 9.80. The fourth-order valence-electron chi connectivity index (χ4n) is 4.77. The first-order valence-electron chi connectivity index (χ1n) is 15.3. The molecule has 0 aliphatic heterocycles. The maximum absolute atomic E-state index is 9.55. The zero-order chi connectivity index (χ0) is 28.4. The summed E-state index contributed by atoms with van der Waals surface area (Å²) in [5.74, 6) is 1.74. The summed E-state index contributed by atoms with van der Waals surface area (Å²) in [6, 6.07) is 23.6. The van der Waals surface area contributed by atoms with Crippen molar-refractivity contribution in [3.8, 4) is 11.5 Å². The predicted molar refractivity (Wildman–Crippen MR) is 169 cm³/mol. The van der Waals surface area contributed by atoms with Crippen molar-refractivity contribution in [2.45, 2.75) is 90.9 Å². The summed E-state index contributed by atoms with van der Waals surface area (Å²) in [7, 11) is -1.49. The van der Waals surface area contributed by atoms with E-state index in [4.69, 9.17) is 9.47 Å². The van der Waals surface area contributed by atoms with Crippen LogP contribution >= 0.6 is 0 Å². The highest BCUT2D eigenvalue weighted by Crippen LogP contribution is 2.35. The van der Waals surface area contributed by atoms with E-state index < -0.39 is 7.12 Å².